The van der Waals surface area contributed by atoms with E-state index < -0.39 is 0 Å². The van der Waals surface area contributed by atoms with E-state index in [0.717, 1.165) is 23.4 Å². The molecular weight excluding hydrogens is 254 g/mol. The summed E-state index contributed by atoms with van der Waals surface area (Å²) >= 11 is 0. The molecule has 0 aliphatic carbocycles. The second-order valence-corrected chi connectivity index (χ2v) is 4.46. The van der Waals surface area contributed by atoms with Crippen molar-refractivity contribution in [3.63, 3.8) is 0 Å². The summed E-state index contributed by atoms with van der Waals surface area (Å²) in [4.78, 5) is 0. The number of hydrogen-bond acceptors (Lipinski definition) is 4. The second kappa shape index (κ2) is 6.82. The number of aromatic hydroxyl groups is 1. The van der Waals surface area contributed by atoms with Gasteiger partial charge in [-0.2, -0.15) is 0 Å². The van der Waals surface area contributed by atoms with Crippen molar-refractivity contribution in [1.82, 2.24) is 5.32 Å². The van der Waals surface area contributed by atoms with Gasteiger partial charge in [-0.3, -0.25) is 0 Å². The van der Waals surface area contributed by atoms with Gasteiger partial charge in [0.1, 0.15) is 5.75 Å². The topological polar surface area (TPSA) is 50.7 Å². The number of benzene rings is 2. The minimum absolute atomic E-state index is 0.160. The van der Waals surface area contributed by atoms with E-state index >= 15 is 0 Å². The first-order valence-corrected chi connectivity index (χ1v) is 6.42. The fourth-order valence-electron chi connectivity index (χ4n) is 1.98. The lowest BCUT2D eigenvalue weighted by molar-refractivity contribution is 0.373. The fraction of sp³-hybridized carbons (Fsp3) is 0.250. The van der Waals surface area contributed by atoms with Crippen molar-refractivity contribution in [2.24, 2.45) is 0 Å². The van der Waals surface area contributed by atoms with Gasteiger partial charge >= 0.3 is 0 Å². The molecule has 0 saturated carbocycles. The highest BCUT2D eigenvalue weighted by molar-refractivity contribution is 5.41. The maximum Gasteiger partial charge on any atom is 0.160 e. The quantitative estimate of drug-likeness (QED) is 0.849. The first kappa shape index (κ1) is 14.2. The molecule has 0 amide bonds. The van der Waals surface area contributed by atoms with Crippen molar-refractivity contribution < 1.29 is 14.6 Å². The van der Waals surface area contributed by atoms with Crippen LogP contribution in [-0.2, 0) is 13.1 Å². The summed E-state index contributed by atoms with van der Waals surface area (Å²) in [7, 11) is 3.20. The number of rotatable bonds is 6. The van der Waals surface area contributed by atoms with Crippen molar-refractivity contribution in [2.45, 2.75) is 13.1 Å². The molecule has 2 rings (SSSR count). The molecule has 0 atom stereocenters. The van der Waals surface area contributed by atoms with E-state index in [1.807, 2.05) is 30.3 Å². The van der Waals surface area contributed by atoms with Gasteiger partial charge in [-0.1, -0.05) is 18.2 Å². The van der Waals surface area contributed by atoms with Crippen LogP contribution in [0.2, 0.25) is 0 Å². The van der Waals surface area contributed by atoms with Gasteiger partial charge in [0.2, 0.25) is 0 Å². The standard InChI is InChI=1S/C16H19NO3/c1-19-14-5-3-4-12(8-14)10-17-11-13-6-7-16(20-2)15(18)9-13/h3-9,17-18H,10-11H2,1-2H3. The minimum Gasteiger partial charge on any atom is -0.504 e. The highest BCUT2D eigenvalue weighted by Gasteiger charge is 2.02. The SMILES string of the molecule is COc1cccc(CNCc2ccc(OC)c(O)c2)c1. The third-order valence-electron chi connectivity index (χ3n) is 3.04. The molecule has 0 heterocycles. The third-order valence-corrected chi connectivity index (χ3v) is 3.04. The van der Waals surface area contributed by atoms with Gasteiger partial charge in [0, 0.05) is 13.1 Å². The van der Waals surface area contributed by atoms with E-state index in [9.17, 15) is 5.11 Å². The molecule has 2 N–H and O–H groups in total. The summed E-state index contributed by atoms with van der Waals surface area (Å²) in [5.41, 5.74) is 2.16. The van der Waals surface area contributed by atoms with Crippen molar-refractivity contribution >= 4 is 0 Å². The van der Waals surface area contributed by atoms with Crippen LogP contribution in [0.4, 0.5) is 0 Å². The van der Waals surface area contributed by atoms with Crippen LogP contribution in [0, 0.1) is 0 Å². The Morgan fingerprint density at radius 2 is 1.70 bits per heavy atom. The molecule has 0 spiro atoms. The first-order chi connectivity index (χ1) is 9.72. The van der Waals surface area contributed by atoms with Crippen LogP contribution < -0.4 is 14.8 Å². The van der Waals surface area contributed by atoms with Crippen molar-refractivity contribution in [3.8, 4) is 17.2 Å². The van der Waals surface area contributed by atoms with Crippen LogP contribution in [0.3, 0.4) is 0 Å². The molecular formula is C16H19NO3. The molecule has 4 heteroatoms. The summed E-state index contributed by atoms with van der Waals surface area (Å²) in [6.45, 7) is 1.42. The molecule has 0 aliphatic rings. The van der Waals surface area contributed by atoms with Gasteiger partial charge < -0.3 is 19.9 Å². The van der Waals surface area contributed by atoms with E-state index in [1.54, 1.807) is 19.2 Å². The van der Waals surface area contributed by atoms with Crippen molar-refractivity contribution in [3.05, 3.63) is 53.6 Å². The molecule has 2 aromatic carbocycles. The smallest absolute Gasteiger partial charge is 0.160 e. The molecule has 0 aliphatic heterocycles. The van der Waals surface area contributed by atoms with E-state index in [0.29, 0.717) is 12.3 Å². The summed E-state index contributed by atoms with van der Waals surface area (Å²) < 4.78 is 10.2. The Hall–Kier alpha value is -2.20. The molecule has 0 aromatic heterocycles. The third kappa shape index (κ3) is 3.65. The molecule has 106 valence electrons. The van der Waals surface area contributed by atoms with E-state index in [2.05, 4.69) is 5.32 Å². The average molecular weight is 273 g/mol. The van der Waals surface area contributed by atoms with Gasteiger partial charge in [-0.15, -0.1) is 0 Å². The Bertz CT molecular complexity index is 569. The molecule has 4 nitrogen and oxygen atoms in total. The van der Waals surface area contributed by atoms with Crippen LogP contribution >= 0.6 is 0 Å². The number of phenols is 1. The lowest BCUT2D eigenvalue weighted by Crippen LogP contribution is -2.12. The molecule has 2 aromatic rings. The summed E-state index contributed by atoms with van der Waals surface area (Å²) in [6, 6.07) is 13.3. The van der Waals surface area contributed by atoms with Crippen LogP contribution in [0.1, 0.15) is 11.1 Å². The zero-order chi connectivity index (χ0) is 14.4. The number of hydrogen-bond donors (Lipinski definition) is 2. The summed E-state index contributed by atoms with van der Waals surface area (Å²) in [5.74, 6) is 1.50. The Morgan fingerprint density at radius 3 is 2.35 bits per heavy atom. The van der Waals surface area contributed by atoms with Crippen LogP contribution in [0.25, 0.3) is 0 Å². The van der Waals surface area contributed by atoms with Gasteiger partial charge in [0.25, 0.3) is 0 Å². The molecule has 0 fully saturated rings. The molecule has 0 saturated heterocycles. The van der Waals surface area contributed by atoms with Gasteiger partial charge in [-0.25, -0.2) is 0 Å². The monoisotopic (exact) mass is 273 g/mol. The maximum absolute atomic E-state index is 9.71. The van der Waals surface area contributed by atoms with Crippen LogP contribution in [0.15, 0.2) is 42.5 Å². The van der Waals surface area contributed by atoms with E-state index in [-0.39, 0.29) is 5.75 Å². The average Bonchev–Trinajstić information content (AvgIpc) is 2.48. The summed E-state index contributed by atoms with van der Waals surface area (Å²) in [5, 5.41) is 13.0. The molecule has 0 unspecified atom stereocenters. The lowest BCUT2D eigenvalue weighted by atomic mass is 10.2. The predicted molar refractivity (Wildman–Crippen MR) is 78.2 cm³/mol. The zero-order valence-electron chi connectivity index (χ0n) is 11.7. The Balaban J connectivity index is 1.90. The minimum atomic E-state index is 0.160. The normalized spacial score (nSPS) is 10.3. The lowest BCUT2D eigenvalue weighted by Gasteiger charge is -2.08. The number of methoxy groups -OCH3 is 2. The van der Waals surface area contributed by atoms with Crippen LogP contribution in [-0.4, -0.2) is 19.3 Å². The maximum atomic E-state index is 9.71. The molecule has 0 bridgehead atoms. The molecule has 20 heavy (non-hydrogen) atoms. The Morgan fingerprint density at radius 1 is 0.950 bits per heavy atom. The number of nitrogens with one attached hydrogen (secondary N) is 1. The van der Waals surface area contributed by atoms with Gasteiger partial charge in [0.15, 0.2) is 11.5 Å². The number of ether oxygens (including phenoxy) is 2. The number of phenolic OH excluding ortho intramolecular Hbond substituents is 1. The fourth-order valence-corrected chi connectivity index (χ4v) is 1.98. The highest BCUT2D eigenvalue weighted by Crippen LogP contribution is 2.26. The van der Waals surface area contributed by atoms with E-state index in [1.165, 1.54) is 7.11 Å². The van der Waals surface area contributed by atoms with Crippen LogP contribution in [0.5, 0.6) is 17.2 Å². The summed E-state index contributed by atoms with van der Waals surface area (Å²) in [6.07, 6.45) is 0. The van der Waals surface area contributed by atoms with Crippen molar-refractivity contribution in [1.29, 1.82) is 0 Å². The van der Waals surface area contributed by atoms with Gasteiger partial charge in [0.05, 0.1) is 14.2 Å². The first-order valence-electron chi connectivity index (χ1n) is 6.42. The Kier molecular flexibility index (Phi) is 4.85. The Labute approximate surface area is 119 Å². The second-order valence-electron chi connectivity index (χ2n) is 4.46. The predicted octanol–water partition coefficient (Wildman–Crippen LogP) is 2.70. The largest absolute Gasteiger partial charge is 0.504 e. The molecule has 0 radical (unpaired) electrons. The zero-order valence-corrected chi connectivity index (χ0v) is 11.7. The van der Waals surface area contributed by atoms with Gasteiger partial charge in [-0.05, 0) is 35.4 Å². The van der Waals surface area contributed by atoms with Crippen molar-refractivity contribution in [2.75, 3.05) is 14.2 Å². The highest BCUT2D eigenvalue weighted by atomic mass is 16.5. The van der Waals surface area contributed by atoms with E-state index in [4.69, 9.17) is 9.47 Å².